The number of hydrogen-bond acceptors (Lipinski definition) is 5. The molecule has 0 saturated carbocycles. The molecule has 7 heteroatoms. The van der Waals surface area contributed by atoms with Gasteiger partial charge < -0.3 is 10.2 Å². The molecule has 1 saturated heterocycles. The van der Waals surface area contributed by atoms with Crippen molar-refractivity contribution in [3.8, 4) is 0 Å². The van der Waals surface area contributed by atoms with Crippen molar-refractivity contribution in [1.82, 2.24) is 10.3 Å². The quantitative estimate of drug-likeness (QED) is 0.877. The SMILES string of the molecule is CC(C(=O)NCc1ccc(N2CCCCC2)nc1)S(C)(=O)=O. The number of piperidine rings is 1. The molecule has 6 nitrogen and oxygen atoms in total. The molecule has 2 heterocycles. The topological polar surface area (TPSA) is 79.4 Å². The average Bonchev–Trinajstić information content (AvgIpc) is 2.52. The predicted molar refractivity (Wildman–Crippen MR) is 86.5 cm³/mol. The van der Waals surface area contributed by atoms with Crippen molar-refractivity contribution in [2.24, 2.45) is 0 Å². The Morgan fingerprint density at radius 3 is 2.55 bits per heavy atom. The van der Waals surface area contributed by atoms with E-state index in [9.17, 15) is 13.2 Å². The summed E-state index contributed by atoms with van der Waals surface area (Å²) >= 11 is 0. The molecule has 1 N–H and O–H groups in total. The van der Waals surface area contributed by atoms with Crippen molar-refractivity contribution in [1.29, 1.82) is 0 Å². The first kappa shape index (κ1) is 16.7. The van der Waals surface area contributed by atoms with Gasteiger partial charge >= 0.3 is 0 Å². The summed E-state index contributed by atoms with van der Waals surface area (Å²) < 4.78 is 22.7. The number of pyridine rings is 1. The Hall–Kier alpha value is -1.63. The van der Waals surface area contributed by atoms with Gasteiger partial charge in [-0.15, -0.1) is 0 Å². The molecule has 1 aromatic heterocycles. The van der Waals surface area contributed by atoms with Gasteiger partial charge in [0.15, 0.2) is 9.84 Å². The molecule has 2 rings (SSSR count). The Bertz CT molecular complexity index is 607. The summed E-state index contributed by atoms with van der Waals surface area (Å²) in [6.07, 6.45) is 6.46. The minimum Gasteiger partial charge on any atom is -0.357 e. The molecule has 1 aromatic rings. The summed E-state index contributed by atoms with van der Waals surface area (Å²) in [6, 6.07) is 3.87. The molecule has 22 heavy (non-hydrogen) atoms. The molecule has 1 atom stereocenters. The molecule has 0 aromatic carbocycles. The van der Waals surface area contributed by atoms with Crippen LogP contribution in [-0.4, -0.2) is 43.9 Å². The Labute approximate surface area is 131 Å². The lowest BCUT2D eigenvalue weighted by molar-refractivity contribution is -0.120. The zero-order valence-electron chi connectivity index (χ0n) is 13.1. The van der Waals surface area contributed by atoms with E-state index >= 15 is 0 Å². The van der Waals surface area contributed by atoms with Gasteiger partial charge in [-0.1, -0.05) is 6.07 Å². The number of aromatic nitrogens is 1. The molecule has 0 aliphatic carbocycles. The summed E-state index contributed by atoms with van der Waals surface area (Å²) in [4.78, 5) is 18.5. The standard InChI is InChI=1S/C15H23N3O3S/c1-12(22(2,20)21)15(19)17-11-13-6-7-14(16-10-13)18-8-4-3-5-9-18/h6-7,10,12H,3-5,8-9,11H2,1-2H3,(H,17,19). The summed E-state index contributed by atoms with van der Waals surface area (Å²) in [5.41, 5.74) is 0.856. The number of sulfone groups is 1. The number of hydrogen-bond donors (Lipinski definition) is 1. The zero-order chi connectivity index (χ0) is 16.2. The maximum Gasteiger partial charge on any atom is 0.238 e. The van der Waals surface area contributed by atoms with E-state index in [0.717, 1.165) is 30.7 Å². The van der Waals surface area contributed by atoms with Crippen LogP contribution < -0.4 is 10.2 Å². The third kappa shape index (κ3) is 4.43. The van der Waals surface area contributed by atoms with Crippen LogP contribution >= 0.6 is 0 Å². The van der Waals surface area contributed by atoms with Gasteiger partial charge in [-0.2, -0.15) is 0 Å². The average molecular weight is 325 g/mol. The van der Waals surface area contributed by atoms with Gasteiger partial charge in [0.25, 0.3) is 0 Å². The minimum absolute atomic E-state index is 0.284. The zero-order valence-corrected chi connectivity index (χ0v) is 13.9. The number of nitrogens with one attached hydrogen (secondary N) is 1. The Balaban J connectivity index is 1.90. The lowest BCUT2D eigenvalue weighted by Gasteiger charge is -2.27. The van der Waals surface area contributed by atoms with Crippen LogP contribution in [0.2, 0.25) is 0 Å². The van der Waals surface area contributed by atoms with Crippen molar-refractivity contribution in [3.63, 3.8) is 0 Å². The highest BCUT2D eigenvalue weighted by Crippen LogP contribution is 2.17. The molecule has 0 radical (unpaired) electrons. The van der Waals surface area contributed by atoms with E-state index in [-0.39, 0.29) is 6.54 Å². The molecular formula is C15H23N3O3S. The third-order valence-electron chi connectivity index (χ3n) is 3.97. The monoisotopic (exact) mass is 325 g/mol. The molecule has 1 amide bonds. The fourth-order valence-electron chi connectivity index (χ4n) is 2.36. The fourth-order valence-corrected chi connectivity index (χ4v) is 2.83. The van der Waals surface area contributed by atoms with Crippen LogP contribution in [0.15, 0.2) is 18.3 Å². The van der Waals surface area contributed by atoms with E-state index in [4.69, 9.17) is 0 Å². The lowest BCUT2D eigenvalue weighted by atomic mass is 10.1. The van der Waals surface area contributed by atoms with Crippen LogP contribution in [0.1, 0.15) is 31.7 Å². The number of carbonyl (C=O) groups is 1. The molecule has 0 bridgehead atoms. The number of rotatable bonds is 5. The van der Waals surface area contributed by atoms with Crippen LogP contribution in [0, 0.1) is 0 Å². The summed E-state index contributed by atoms with van der Waals surface area (Å²) in [5.74, 6) is 0.474. The minimum atomic E-state index is -3.36. The molecule has 1 aliphatic heterocycles. The van der Waals surface area contributed by atoms with E-state index in [0.29, 0.717) is 0 Å². The first-order valence-corrected chi connectivity index (χ1v) is 9.50. The van der Waals surface area contributed by atoms with Crippen LogP contribution in [0.5, 0.6) is 0 Å². The smallest absolute Gasteiger partial charge is 0.238 e. The summed E-state index contributed by atoms with van der Waals surface area (Å²) in [6.45, 7) is 3.75. The molecule has 1 aliphatic rings. The van der Waals surface area contributed by atoms with Gasteiger partial charge in [-0.3, -0.25) is 4.79 Å². The lowest BCUT2D eigenvalue weighted by Crippen LogP contribution is -2.37. The van der Waals surface area contributed by atoms with Crippen LogP contribution in [0.25, 0.3) is 0 Å². The third-order valence-corrected chi connectivity index (χ3v) is 5.47. The maximum absolute atomic E-state index is 11.8. The van der Waals surface area contributed by atoms with Crippen molar-refractivity contribution in [3.05, 3.63) is 23.9 Å². The van der Waals surface area contributed by atoms with E-state index in [1.807, 2.05) is 12.1 Å². The largest absolute Gasteiger partial charge is 0.357 e. The Morgan fingerprint density at radius 2 is 2.00 bits per heavy atom. The van der Waals surface area contributed by atoms with Crippen molar-refractivity contribution in [2.75, 3.05) is 24.2 Å². The van der Waals surface area contributed by atoms with Crippen LogP contribution in [-0.2, 0) is 21.2 Å². The molecule has 1 fully saturated rings. The number of amides is 1. The molecule has 122 valence electrons. The molecule has 0 spiro atoms. The van der Waals surface area contributed by atoms with Crippen LogP contribution in [0.4, 0.5) is 5.82 Å². The first-order chi connectivity index (χ1) is 10.4. The highest BCUT2D eigenvalue weighted by molar-refractivity contribution is 7.92. The van der Waals surface area contributed by atoms with Crippen molar-refractivity contribution < 1.29 is 13.2 Å². The maximum atomic E-state index is 11.8. The number of nitrogens with zero attached hydrogens (tertiary/aromatic N) is 2. The van der Waals surface area contributed by atoms with E-state index in [1.54, 1.807) is 6.20 Å². The Morgan fingerprint density at radius 1 is 1.32 bits per heavy atom. The fraction of sp³-hybridized carbons (Fsp3) is 0.600. The molecule has 1 unspecified atom stereocenters. The normalized spacial score (nSPS) is 17.1. The van der Waals surface area contributed by atoms with Crippen LogP contribution in [0.3, 0.4) is 0 Å². The predicted octanol–water partition coefficient (Wildman–Crippen LogP) is 1.12. The Kier molecular flexibility index (Phi) is 5.39. The second kappa shape index (κ2) is 7.09. The van der Waals surface area contributed by atoms with Crippen molar-refractivity contribution >= 4 is 21.6 Å². The summed E-state index contributed by atoms with van der Waals surface area (Å²) in [5, 5.41) is 1.60. The second-order valence-electron chi connectivity index (χ2n) is 5.76. The van der Waals surface area contributed by atoms with Gasteiger partial charge in [0.1, 0.15) is 11.1 Å². The highest BCUT2D eigenvalue weighted by atomic mass is 32.2. The van der Waals surface area contributed by atoms with Gasteiger partial charge in [0.05, 0.1) is 0 Å². The van der Waals surface area contributed by atoms with Gasteiger partial charge in [-0.25, -0.2) is 13.4 Å². The van der Waals surface area contributed by atoms with Gasteiger partial charge in [0, 0.05) is 32.1 Å². The van der Waals surface area contributed by atoms with E-state index < -0.39 is 21.0 Å². The first-order valence-electron chi connectivity index (χ1n) is 7.54. The van der Waals surface area contributed by atoms with E-state index in [2.05, 4.69) is 15.2 Å². The van der Waals surface area contributed by atoms with Gasteiger partial charge in [0.2, 0.25) is 5.91 Å². The number of carbonyl (C=O) groups excluding carboxylic acids is 1. The second-order valence-corrected chi connectivity index (χ2v) is 8.13. The highest BCUT2D eigenvalue weighted by Gasteiger charge is 2.23. The van der Waals surface area contributed by atoms with Gasteiger partial charge in [-0.05, 0) is 37.8 Å². The van der Waals surface area contributed by atoms with E-state index in [1.165, 1.54) is 26.2 Å². The van der Waals surface area contributed by atoms with Crippen molar-refractivity contribution in [2.45, 2.75) is 38.0 Å². The number of anilines is 1. The summed E-state index contributed by atoms with van der Waals surface area (Å²) in [7, 11) is -3.36. The molecular weight excluding hydrogens is 302 g/mol.